The molecular weight excluding hydrogens is 208 g/mol. The van der Waals surface area contributed by atoms with Crippen LogP contribution in [0.15, 0.2) is 18.2 Å². The number of nitro groups is 1. The Bertz CT molecular complexity index is 356. The zero-order valence-electron chi connectivity index (χ0n) is 7.44. The molecule has 0 fully saturated rings. The molecule has 1 rings (SSSR count). The zero-order valence-corrected chi connectivity index (χ0v) is 8.19. The fraction of sp³-hybridized carbons (Fsp3) is 0.250. The molecule has 5 nitrogen and oxygen atoms in total. The summed E-state index contributed by atoms with van der Waals surface area (Å²) >= 11 is 5.81. The molecule has 0 aromatic heterocycles. The van der Waals surface area contributed by atoms with Gasteiger partial charge in [-0.3, -0.25) is 15.0 Å². The van der Waals surface area contributed by atoms with Crippen LogP contribution in [0.1, 0.15) is 18.6 Å². The molecule has 0 aliphatic carbocycles. The van der Waals surface area contributed by atoms with Crippen molar-refractivity contribution in [2.75, 3.05) is 0 Å². The van der Waals surface area contributed by atoms with Crippen molar-refractivity contribution in [1.29, 1.82) is 0 Å². The summed E-state index contributed by atoms with van der Waals surface area (Å²) in [5.41, 5.74) is 0.206. The number of nitro benzene ring substituents is 1. The Morgan fingerprint density at radius 3 is 2.79 bits per heavy atom. The van der Waals surface area contributed by atoms with Crippen LogP contribution in [-0.2, 0) is 4.84 Å². The smallest absolute Gasteiger partial charge is 0.276 e. The van der Waals surface area contributed by atoms with Crippen molar-refractivity contribution in [3.05, 3.63) is 38.9 Å². The first-order chi connectivity index (χ1) is 6.57. The summed E-state index contributed by atoms with van der Waals surface area (Å²) in [5, 5.41) is 10.9. The van der Waals surface area contributed by atoms with Gasteiger partial charge in [0.05, 0.1) is 15.5 Å². The van der Waals surface area contributed by atoms with Crippen molar-refractivity contribution in [2.24, 2.45) is 5.90 Å². The first kappa shape index (κ1) is 10.9. The van der Waals surface area contributed by atoms with Gasteiger partial charge in [0.25, 0.3) is 5.69 Å². The summed E-state index contributed by atoms with van der Waals surface area (Å²) in [7, 11) is 0. The van der Waals surface area contributed by atoms with Crippen molar-refractivity contribution < 1.29 is 9.76 Å². The first-order valence-corrected chi connectivity index (χ1v) is 4.24. The summed E-state index contributed by atoms with van der Waals surface area (Å²) in [6, 6.07) is 4.42. The highest BCUT2D eigenvalue weighted by molar-refractivity contribution is 6.31. The van der Waals surface area contributed by atoms with Gasteiger partial charge in [0.2, 0.25) is 0 Å². The molecule has 0 aliphatic heterocycles. The van der Waals surface area contributed by atoms with Crippen molar-refractivity contribution in [3.8, 4) is 0 Å². The van der Waals surface area contributed by atoms with Crippen LogP contribution >= 0.6 is 11.6 Å². The zero-order chi connectivity index (χ0) is 10.7. The number of nitrogens with zero attached hydrogens (tertiary/aromatic N) is 1. The van der Waals surface area contributed by atoms with Gasteiger partial charge in [0.15, 0.2) is 0 Å². The van der Waals surface area contributed by atoms with Crippen LogP contribution in [0.3, 0.4) is 0 Å². The van der Waals surface area contributed by atoms with Crippen molar-refractivity contribution in [1.82, 2.24) is 0 Å². The second-order valence-electron chi connectivity index (χ2n) is 2.71. The average molecular weight is 217 g/mol. The number of halogens is 1. The molecule has 0 amide bonds. The molecule has 1 unspecified atom stereocenters. The highest BCUT2D eigenvalue weighted by atomic mass is 35.5. The monoisotopic (exact) mass is 216 g/mol. The van der Waals surface area contributed by atoms with Crippen LogP contribution < -0.4 is 5.90 Å². The minimum Gasteiger partial charge on any atom is -0.297 e. The molecule has 14 heavy (non-hydrogen) atoms. The molecule has 1 aromatic carbocycles. The van der Waals surface area contributed by atoms with E-state index in [4.69, 9.17) is 17.5 Å². The lowest BCUT2D eigenvalue weighted by Crippen LogP contribution is -2.08. The molecule has 76 valence electrons. The second kappa shape index (κ2) is 4.36. The lowest BCUT2D eigenvalue weighted by atomic mass is 10.1. The molecule has 0 saturated heterocycles. The van der Waals surface area contributed by atoms with Gasteiger partial charge < -0.3 is 0 Å². The third-order valence-corrected chi connectivity index (χ3v) is 2.17. The van der Waals surface area contributed by atoms with Crippen LogP contribution in [0.4, 0.5) is 5.69 Å². The fourth-order valence-electron chi connectivity index (χ4n) is 1.16. The van der Waals surface area contributed by atoms with Gasteiger partial charge in [0, 0.05) is 6.07 Å². The van der Waals surface area contributed by atoms with Gasteiger partial charge in [-0.2, -0.15) is 0 Å². The Hall–Kier alpha value is -1.17. The Kier molecular flexibility index (Phi) is 3.40. The number of nitrogens with two attached hydrogens (primary N) is 1. The standard InChI is InChI=1S/C8H9ClN2O3/c1-5(14-10)8-6(9)3-2-4-7(8)11(12)13/h2-5H,10H2,1H3. The van der Waals surface area contributed by atoms with Gasteiger partial charge in [-0.25, -0.2) is 5.90 Å². The topological polar surface area (TPSA) is 78.4 Å². The largest absolute Gasteiger partial charge is 0.297 e. The Morgan fingerprint density at radius 2 is 2.29 bits per heavy atom. The molecule has 0 spiro atoms. The van der Waals surface area contributed by atoms with E-state index in [0.29, 0.717) is 5.56 Å². The average Bonchev–Trinajstić information content (AvgIpc) is 2.16. The molecule has 1 aromatic rings. The van der Waals surface area contributed by atoms with E-state index in [-0.39, 0.29) is 10.7 Å². The van der Waals surface area contributed by atoms with Crippen LogP contribution in [0.5, 0.6) is 0 Å². The molecule has 0 heterocycles. The summed E-state index contributed by atoms with van der Waals surface area (Å²) < 4.78 is 0. The predicted molar refractivity (Wildman–Crippen MR) is 51.8 cm³/mol. The van der Waals surface area contributed by atoms with Gasteiger partial charge in [-0.15, -0.1) is 0 Å². The van der Waals surface area contributed by atoms with Crippen LogP contribution in [-0.4, -0.2) is 4.92 Å². The molecule has 0 aliphatic rings. The number of hydrogen-bond donors (Lipinski definition) is 1. The first-order valence-electron chi connectivity index (χ1n) is 3.86. The maximum absolute atomic E-state index is 10.6. The van der Waals surface area contributed by atoms with Crippen LogP contribution in [0, 0.1) is 10.1 Å². The van der Waals surface area contributed by atoms with Crippen LogP contribution in [0.25, 0.3) is 0 Å². The summed E-state index contributed by atoms with van der Waals surface area (Å²) in [6.45, 7) is 1.59. The maximum Gasteiger partial charge on any atom is 0.276 e. The number of hydrogen-bond acceptors (Lipinski definition) is 4. The third kappa shape index (κ3) is 2.01. The summed E-state index contributed by atoms with van der Waals surface area (Å²) in [4.78, 5) is 14.6. The molecular formula is C8H9ClN2O3. The molecule has 0 saturated carbocycles. The molecule has 1 atom stereocenters. The van der Waals surface area contributed by atoms with Gasteiger partial charge in [-0.05, 0) is 13.0 Å². The van der Waals surface area contributed by atoms with E-state index in [1.54, 1.807) is 13.0 Å². The minimum atomic E-state index is -0.607. The fourth-order valence-corrected chi connectivity index (χ4v) is 1.48. The maximum atomic E-state index is 10.6. The Labute approximate surface area is 85.5 Å². The SMILES string of the molecule is CC(ON)c1c(Cl)cccc1[N+](=O)[O-]. The number of benzene rings is 1. The lowest BCUT2D eigenvalue weighted by molar-refractivity contribution is -0.386. The van der Waals surface area contributed by atoms with Crippen molar-refractivity contribution in [3.63, 3.8) is 0 Å². The lowest BCUT2D eigenvalue weighted by Gasteiger charge is -2.10. The van der Waals surface area contributed by atoms with Crippen molar-refractivity contribution in [2.45, 2.75) is 13.0 Å². The summed E-state index contributed by atoms with van der Waals surface area (Å²) in [6.07, 6.45) is -0.607. The Morgan fingerprint density at radius 1 is 1.64 bits per heavy atom. The van der Waals surface area contributed by atoms with E-state index < -0.39 is 11.0 Å². The van der Waals surface area contributed by atoms with E-state index >= 15 is 0 Å². The summed E-state index contributed by atoms with van der Waals surface area (Å²) in [5.74, 6) is 4.96. The predicted octanol–water partition coefficient (Wildman–Crippen LogP) is 2.20. The van der Waals surface area contributed by atoms with Gasteiger partial charge >= 0.3 is 0 Å². The van der Waals surface area contributed by atoms with E-state index in [1.807, 2.05) is 0 Å². The molecule has 6 heteroatoms. The number of rotatable bonds is 3. The normalized spacial score (nSPS) is 12.5. The van der Waals surface area contributed by atoms with Crippen LogP contribution in [0.2, 0.25) is 5.02 Å². The van der Waals surface area contributed by atoms with E-state index in [2.05, 4.69) is 4.84 Å². The molecule has 0 bridgehead atoms. The molecule has 0 radical (unpaired) electrons. The second-order valence-corrected chi connectivity index (χ2v) is 3.12. The van der Waals surface area contributed by atoms with E-state index in [0.717, 1.165) is 0 Å². The quantitative estimate of drug-likeness (QED) is 0.621. The van der Waals surface area contributed by atoms with E-state index in [9.17, 15) is 10.1 Å². The highest BCUT2D eigenvalue weighted by Gasteiger charge is 2.21. The Balaban J connectivity index is 3.29. The van der Waals surface area contributed by atoms with E-state index in [1.165, 1.54) is 12.1 Å². The molecule has 2 N–H and O–H groups in total. The van der Waals surface area contributed by atoms with Crippen molar-refractivity contribution >= 4 is 17.3 Å². The highest BCUT2D eigenvalue weighted by Crippen LogP contribution is 2.32. The van der Waals surface area contributed by atoms with Gasteiger partial charge in [0.1, 0.15) is 6.10 Å². The minimum absolute atomic E-state index is 0.0875. The third-order valence-electron chi connectivity index (χ3n) is 1.84. The van der Waals surface area contributed by atoms with Gasteiger partial charge in [-0.1, -0.05) is 17.7 Å².